The zero-order chi connectivity index (χ0) is 24.0. The summed E-state index contributed by atoms with van der Waals surface area (Å²) in [5.41, 5.74) is 0. The summed E-state index contributed by atoms with van der Waals surface area (Å²) in [7, 11) is -2.48. The molecule has 1 amide bonds. The third kappa shape index (κ3) is 5.64. The highest BCUT2D eigenvalue weighted by Gasteiger charge is 2.50. The van der Waals surface area contributed by atoms with Crippen molar-refractivity contribution in [3.8, 4) is 0 Å². The summed E-state index contributed by atoms with van der Waals surface area (Å²) in [6, 6.07) is 21.7. The van der Waals surface area contributed by atoms with Gasteiger partial charge < -0.3 is 14.1 Å². The third-order valence-electron chi connectivity index (χ3n) is 7.59. The van der Waals surface area contributed by atoms with Gasteiger partial charge in [0.2, 0.25) is 5.91 Å². The molecule has 0 unspecified atom stereocenters. The fourth-order valence-corrected chi connectivity index (χ4v) is 10.3. The second-order valence-electron chi connectivity index (χ2n) is 11.0. The maximum absolute atomic E-state index is 12.5. The molecule has 5 heteroatoms. The van der Waals surface area contributed by atoms with Crippen LogP contribution in [-0.4, -0.2) is 51.5 Å². The van der Waals surface area contributed by atoms with Gasteiger partial charge in [0.25, 0.3) is 8.32 Å². The smallest absolute Gasteiger partial charge is 0.261 e. The van der Waals surface area contributed by atoms with Gasteiger partial charge in [-0.05, 0) is 53.4 Å². The van der Waals surface area contributed by atoms with Crippen LogP contribution in [-0.2, 0) is 14.0 Å². The Morgan fingerprint density at radius 1 is 0.971 bits per heavy atom. The fourth-order valence-electron chi connectivity index (χ4n) is 5.68. The minimum absolute atomic E-state index is 0.000198. The van der Waals surface area contributed by atoms with Crippen LogP contribution in [0.3, 0.4) is 0 Å². The molecule has 184 valence electrons. The normalized spacial score (nSPS) is 21.6. The maximum Gasteiger partial charge on any atom is 0.261 e. The molecule has 0 bridgehead atoms. The maximum atomic E-state index is 12.5. The zero-order valence-electron chi connectivity index (χ0n) is 21.2. The molecule has 0 radical (unpaired) electrons. The van der Waals surface area contributed by atoms with Gasteiger partial charge >= 0.3 is 0 Å². The van der Waals surface area contributed by atoms with E-state index < -0.39 is 8.32 Å². The van der Waals surface area contributed by atoms with E-state index in [0.717, 1.165) is 58.4 Å². The van der Waals surface area contributed by atoms with Crippen molar-refractivity contribution in [3.63, 3.8) is 0 Å². The van der Waals surface area contributed by atoms with Gasteiger partial charge in [-0.1, -0.05) is 81.4 Å². The Kier molecular flexibility index (Phi) is 8.28. The second-order valence-corrected chi connectivity index (χ2v) is 15.3. The highest BCUT2D eigenvalue weighted by molar-refractivity contribution is 6.99. The van der Waals surface area contributed by atoms with E-state index in [9.17, 15) is 4.79 Å². The molecule has 34 heavy (non-hydrogen) atoms. The number of amides is 1. The fraction of sp³-hybridized carbons (Fsp3) is 0.552. The van der Waals surface area contributed by atoms with Crippen molar-refractivity contribution in [1.29, 1.82) is 0 Å². The van der Waals surface area contributed by atoms with Gasteiger partial charge in [-0.3, -0.25) is 4.79 Å². The molecule has 2 atom stereocenters. The van der Waals surface area contributed by atoms with E-state index in [0.29, 0.717) is 12.3 Å². The number of benzene rings is 2. The number of nitrogens with zero attached hydrogens (tertiary/aromatic N) is 1. The van der Waals surface area contributed by atoms with Crippen LogP contribution in [0.4, 0.5) is 0 Å². The topological polar surface area (TPSA) is 38.8 Å². The Labute approximate surface area is 206 Å². The van der Waals surface area contributed by atoms with Crippen molar-refractivity contribution < 1.29 is 14.0 Å². The lowest BCUT2D eigenvalue weighted by Gasteiger charge is -2.43. The molecule has 2 aliphatic rings. The van der Waals surface area contributed by atoms with Crippen LogP contribution in [0, 0.1) is 5.92 Å². The lowest BCUT2D eigenvalue weighted by atomic mass is 9.94. The summed E-state index contributed by atoms with van der Waals surface area (Å²) in [6.45, 7) is 10.3. The molecule has 0 N–H and O–H groups in total. The summed E-state index contributed by atoms with van der Waals surface area (Å²) in [6.07, 6.45) is 6.01. The Balaban J connectivity index is 1.38. The summed E-state index contributed by atoms with van der Waals surface area (Å²) in [5.74, 6) is 0.771. The predicted molar refractivity (Wildman–Crippen MR) is 141 cm³/mol. The molecule has 2 aromatic carbocycles. The van der Waals surface area contributed by atoms with Gasteiger partial charge in [-0.15, -0.1) is 0 Å². The molecule has 0 saturated carbocycles. The number of carbonyl (C=O) groups is 1. The molecule has 2 aromatic rings. The van der Waals surface area contributed by atoms with Gasteiger partial charge in [-0.2, -0.15) is 0 Å². The molecule has 0 aliphatic carbocycles. The van der Waals surface area contributed by atoms with Crippen LogP contribution in [0.5, 0.6) is 0 Å². The predicted octanol–water partition coefficient (Wildman–Crippen LogP) is 4.76. The summed E-state index contributed by atoms with van der Waals surface area (Å²) < 4.78 is 13.2. The van der Waals surface area contributed by atoms with Crippen LogP contribution >= 0.6 is 0 Å². The molecule has 2 saturated heterocycles. The van der Waals surface area contributed by atoms with Crippen molar-refractivity contribution in [1.82, 2.24) is 4.90 Å². The molecule has 4 nitrogen and oxygen atoms in total. The van der Waals surface area contributed by atoms with Gasteiger partial charge in [0.15, 0.2) is 0 Å². The van der Waals surface area contributed by atoms with E-state index >= 15 is 0 Å². The molecule has 0 aromatic heterocycles. The largest absolute Gasteiger partial charge is 0.407 e. The van der Waals surface area contributed by atoms with E-state index in [2.05, 4.69) is 81.4 Å². The SMILES string of the molecule is CC(C)(C)[Si](OCC[C@H]1CC[C@@H](CC(=O)N2CCCC2)OC1)(c1ccccc1)c1ccccc1. The molecular weight excluding hydrogens is 438 g/mol. The van der Waals surface area contributed by atoms with Crippen molar-refractivity contribution in [2.75, 3.05) is 26.3 Å². The van der Waals surface area contributed by atoms with Gasteiger partial charge in [0, 0.05) is 26.3 Å². The number of hydrogen-bond acceptors (Lipinski definition) is 3. The molecule has 2 fully saturated rings. The van der Waals surface area contributed by atoms with Gasteiger partial charge in [-0.25, -0.2) is 0 Å². The van der Waals surface area contributed by atoms with Crippen LogP contribution in [0.25, 0.3) is 0 Å². The minimum Gasteiger partial charge on any atom is -0.407 e. The standard InChI is InChI=1S/C29H41NO3Si/c1-29(2,3)34(26-12-6-4-7-13-26,27-14-8-5-9-15-27)33-21-18-24-16-17-25(32-23-24)22-28(31)30-19-10-11-20-30/h4-9,12-15,24-25H,10-11,16-23H2,1-3H3/t24-,25+/m1/s1. The highest BCUT2D eigenvalue weighted by atomic mass is 28.4. The van der Waals surface area contributed by atoms with Crippen molar-refractivity contribution in [2.24, 2.45) is 5.92 Å². The molecule has 4 rings (SSSR count). The first-order chi connectivity index (χ1) is 16.4. The highest BCUT2D eigenvalue weighted by Crippen LogP contribution is 2.37. The Morgan fingerprint density at radius 3 is 2.06 bits per heavy atom. The summed E-state index contributed by atoms with van der Waals surface area (Å²) in [5, 5.41) is 2.66. The molecule has 2 heterocycles. The first-order valence-corrected chi connectivity index (χ1v) is 15.0. The first kappa shape index (κ1) is 25.1. The van der Waals surface area contributed by atoms with Gasteiger partial charge in [0.05, 0.1) is 12.5 Å². The van der Waals surface area contributed by atoms with E-state index in [1.165, 1.54) is 10.4 Å². The van der Waals surface area contributed by atoms with Crippen LogP contribution < -0.4 is 10.4 Å². The first-order valence-electron chi connectivity index (χ1n) is 13.0. The van der Waals surface area contributed by atoms with Crippen LogP contribution in [0.15, 0.2) is 60.7 Å². The van der Waals surface area contributed by atoms with Crippen molar-refractivity contribution in [3.05, 3.63) is 60.7 Å². The van der Waals surface area contributed by atoms with Gasteiger partial charge in [0.1, 0.15) is 0 Å². The van der Waals surface area contributed by atoms with Crippen molar-refractivity contribution >= 4 is 24.6 Å². The minimum atomic E-state index is -2.48. The van der Waals surface area contributed by atoms with E-state index in [-0.39, 0.29) is 17.0 Å². The zero-order valence-corrected chi connectivity index (χ0v) is 22.2. The Bertz CT molecular complexity index is 858. The summed E-state index contributed by atoms with van der Waals surface area (Å²) in [4.78, 5) is 14.5. The third-order valence-corrected chi connectivity index (χ3v) is 12.6. The number of likely N-dealkylation sites (tertiary alicyclic amines) is 1. The molecule has 0 spiro atoms. The lowest BCUT2D eigenvalue weighted by molar-refractivity contribution is -0.134. The molecular formula is C29H41NO3Si. The number of rotatable bonds is 8. The van der Waals surface area contributed by atoms with E-state index in [4.69, 9.17) is 9.16 Å². The average Bonchev–Trinajstić information content (AvgIpc) is 3.39. The monoisotopic (exact) mass is 479 g/mol. The Morgan fingerprint density at radius 2 is 1.56 bits per heavy atom. The number of ether oxygens (including phenoxy) is 1. The number of hydrogen-bond donors (Lipinski definition) is 0. The number of carbonyl (C=O) groups excluding carboxylic acids is 1. The molecule has 2 aliphatic heterocycles. The quantitative estimate of drug-likeness (QED) is 0.513. The van der Waals surface area contributed by atoms with E-state index in [1.54, 1.807) is 0 Å². The van der Waals surface area contributed by atoms with E-state index in [1.807, 2.05) is 4.90 Å². The van der Waals surface area contributed by atoms with Crippen LogP contribution in [0.2, 0.25) is 5.04 Å². The Hall–Kier alpha value is -1.95. The van der Waals surface area contributed by atoms with Crippen LogP contribution in [0.1, 0.15) is 59.3 Å². The lowest BCUT2D eigenvalue weighted by Crippen LogP contribution is -2.66. The average molecular weight is 480 g/mol. The summed E-state index contributed by atoms with van der Waals surface area (Å²) >= 11 is 0. The van der Waals surface area contributed by atoms with Crippen molar-refractivity contribution in [2.45, 2.75) is 70.4 Å². The second kappa shape index (κ2) is 11.2.